The first-order valence-electron chi connectivity index (χ1n) is 14.4. The lowest BCUT2D eigenvalue weighted by atomic mass is 9.98. The summed E-state index contributed by atoms with van der Waals surface area (Å²) in [6.45, 7) is 0.0120. The monoisotopic (exact) mass is 645 g/mol. The first-order valence-corrected chi connectivity index (χ1v) is 14.4. The highest BCUT2D eigenvalue weighted by atomic mass is 19.4. The maximum atomic E-state index is 13.7. The summed E-state index contributed by atoms with van der Waals surface area (Å²) in [7, 11) is 3.81. The molecule has 0 aromatic heterocycles. The molecule has 8 nitrogen and oxygen atoms in total. The Kier molecular flexibility index (Phi) is 10.3. The van der Waals surface area contributed by atoms with Crippen LogP contribution in [0.3, 0.4) is 0 Å². The lowest BCUT2D eigenvalue weighted by Gasteiger charge is -2.52. The van der Waals surface area contributed by atoms with Gasteiger partial charge in [-0.3, -0.25) is 9.59 Å². The molecular formula is C30H34F7N5O3. The minimum atomic E-state index is -5.04. The van der Waals surface area contributed by atoms with Crippen LogP contribution in [0.4, 0.5) is 35.5 Å². The fraction of sp³-hybridized carbons (Fsp3) is 0.500. The van der Waals surface area contributed by atoms with Crippen LogP contribution in [0.15, 0.2) is 42.5 Å². The zero-order valence-electron chi connectivity index (χ0n) is 24.7. The standard InChI is InChI=1S/C30H34F7N5O3/c1-39(2)11-4-3-5-24-27(44)40(17-19-6-8-23(31)9-7-19)18-25-41(12-10-26(43)42(24)25)28(45)38-16-20-13-21(29(32,33)34)15-22(14-20)30(35,36)37/h6-9,13-15,24-25H,3-5,10-12,16-18H2,1-2H3,(H,38,45)/t24-,25+/m0/s1. The molecule has 246 valence electrons. The van der Waals surface area contributed by atoms with Gasteiger partial charge >= 0.3 is 18.4 Å². The molecule has 2 heterocycles. The molecule has 0 aliphatic carbocycles. The second kappa shape index (κ2) is 13.6. The van der Waals surface area contributed by atoms with Gasteiger partial charge in [0.1, 0.15) is 18.0 Å². The molecule has 2 aliphatic heterocycles. The SMILES string of the molecule is CN(C)CCCC[C@H]1C(=O)N(Cc2ccc(F)cc2)C[C@@H]2N(C(=O)NCc3cc(C(F)(F)F)cc(C(F)(F)F)c3)CCC(=O)N21. The lowest BCUT2D eigenvalue weighted by molar-refractivity contribution is -0.167. The van der Waals surface area contributed by atoms with Crippen LogP contribution in [0.25, 0.3) is 0 Å². The summed E-state index contributed by atoms with van der Waals surface area (Å²) < 4.78 is 93.5. The predicted octanol–water partition coefficient (Wildman–Crippen LogP) is 5.08. The van der Waals surface area contributed by atoms with Crippen molar-refractivity contribution < 1.29 is 45.1 Å². The van der Waals surface area contributed by atoms with Gasteiger partial charge in [-0.15, -0.1) is 0 Å². The number of nitrogens with one attached hydrogen (secondary N) is 1. The molecular weight excluding hydrogens is 611 g/mol. The average Bonchev–Trinajstić information content (AvgIpc) is 2.95. The largest absolute Gasteiger partial charge is 0.416 e. The van der Waals surface area contributed by atoms with Gasteiger partial charge in [-0.25, -0.2) is 9.18 Å². The molecule has 1 N–H and O–H groups in total. The second-order valence-corrected chi connectivity index (χ2v) is 11.5. The van der Waals surface area contributed by atoms with E-state index in [1.807, 2.05) is 19.0 Å². The summed E-state index contributed by atoms with van der Waals surface area (Å²) in [5, 5.41) is 2.40. The Labute approximate surface area is 255 Å². The minimum absolute atomic E-state index is 0.00682. The quantitative estimate of drug-likeness (QED) is 0.305. The number of alkyl halides is 6. The molecule has 0 spiro atoms. The van der Waals surface area contributed by atoms with E-state index in [9.17, 15) is 45.1 Å². The topological polar surface area (TPSA) is 76.2 Å². The molecule has 2 saturated heterocycles. The van der Waals surface area contributed by atoms with E-state index in [1.165, 1.54) is 39.0 Å². The molecule has 0 unspecified atom stereocenters. The minimum Gasteiger partial charge on any atom is -0.334 e. The van der Waals surface area contributed by atoms with Crippen LogP contribution in [0.1, 0.15) is 47.9 Å². The third-order valence-corrected chi connectivity index (χ3v) is 7.82. The number of carbonyl (C=O) groups excluding carboxylic acids is 3. The number of unbranched alkanes of at least 4 members (excludes halogenated alkanes) is 1. The molecule has 0 bridgehead atoms. The summed E-state index contributed by atoms with van der Waals surface area (Å²) in [5.74, 6) is -1.14. The number of urea groups is 1. The lowest BCUT2D eigenvalue weighted by Crippen LogP contribution is -2.71. The van der Waals surface area contributed by atoms with Gasteiger partial charge in [0.15, 0.2) is 0 Å². The molecule has 2 atom stereocenters. The summed E-state index contributed by atoms with van der Waals surface area (Å²) in [4.78, 5) is 46.4. The fourth-order valence-corrected chi connectivity index (χ4v) is 5.61. The highest BCUT2D eigenvalue weighted by Crippen LogP contribution is 2.36. The highest BCUT2D eigenvalue weighted by molar-refractivity contribution is 5.91. The van der Waals surface area contributed by atoms with E-state index in [4.69, 9.17) is 0 Å². The first kappa shape index (κ1) is 34.0. The van der Waals surface area contributed by atoms with Crippen LogP contribution in [0.5, 0.6) is 0 Å². The number of piperazine rings is 1. The Balaban J connectivity index is 1.57. The van der Waals surface area contributed by atoms with Crippen molar-refractivity contribution in [3.05, 3.63) is 70.5 Å². The van der Waals surface area contributed by atoms with E-state index in [-0.39, 0.29) is 43.9 Å². The van der Waals surface area contributed by atoms with Crippen molar-refractivity contribution in [2.45, 2.75) is 63.3 Å². The Morgan fingerprint density at radius 3 is 2.13 bits per heavy atom. The maximum Gasteiger partial charge on any atom is 0.416 e. The summed E-state index contributed by atoms with van der Waals surface area (Å²) in [6, 6.07) is 4.90. The number of amides is 4. The van der Waals surface area contributed by atoms with Crippen molar-refractivity contribution >= 4 is 17.8 Å². The third kappa shape index (κ3) is 8.44. The Morgan fingerprint density at radius 2 is 1.56 bits per heavy atom. The smallest absolute Gasteiger partial charge is 0.334 e. The number of nitrogens with zero attached hydrogens (tertiary/aromatic N) is 4. The van der Waals surface area contributed by atoms with Gasteiger partial charge in [0, 0.05) is 26.1 Å². The Morgan fingerprint density at radius 1 is 0.933 bits per heavy atom. The molecule has 45 heavy (non-hydrogen) atoms. The van der Waals surface area contributed by atoms with E-state index < -0.39 is 59.6 Å². The molecule has 0 saturated carbocycles. The molecule has 2 aromatic rings. The van der Waals surface area contributed by atoms with Crippen LogP contribution in [0.2, 0.25) is 0 Å². The van der Waals surface area contributed by atoms with Gasteiger partial charge in [0.25, 0.3) is 0 Å². The van der Waals surface area contributed by atoms with Crippen LogP contribution < -0.4 is 5.32 Å². The van der Waals surface area contributed by atoms with Crippen molar-refractivity contribution in [2.75, 3.05) is 33.7 Å². The zero-order valence-corrected chi connectivity index (χ0v) is 24.7. The number of benzene rings is 2. The number of hydrogen-bond acceptors (Lipinski definition) is 4. The van der Waals surface area contributed by atoms with Gasteiger partial charge in [0.2, 0.25) is 11.8 Å². The number of halogens is 7. The van der Waals surface area contributed by atoms with Crippen molar-refractivity contribution in [3.8, 4) is 0 Å². The Bertz CT molecular complexity index is 1350. The highest BCUT2D eigenvalue weighted by Gasteiger charge is 2.48. The van der Waals surface area contributed by atoms with Gasteiger partial charge < -0.3 is 24.9 Å². The Hall–Kier alpha value is -3.88. The second-order valence-electron chi connectivity index (χ2n) is 11.5. The number of carbonyl (C=O) groups is 3. The molecule has 2 fully saturated rings. The van der Waals surface area contributed by atoms with E-state index in [0.29, 0.717) is 30.5 Å². The van der Waals surface area contributed by atoms with E-state index in [0.717, 1.165) is 13.0 Å². The van der Waals surface area contributed by atoms with Gasteiger partial charge in [-0.05, 0) is 81.4 Å². The average molecular weight is 646 g/mol. The van der Waals surface area contributed by atoms with Crippen LogP contribution in [0, 0.1) is 5.82 Å². The molecule has 2 aliphatic rings. The van der Waals surface area contributed by atoms with E-state index in [1.54, 1.807) is 0 Å². The predicted molar refractivity (Wildman–Crippen MR) is 149 cm³/mol. The summed E-state index contributed by atoms with van der Waals surface area (Å²) >= 11 is 0. The normalized spacial score (nSPS) is 19.3. The van der Waals surface area contributed by atoms with Crippen molar-refractivity contribution in [2.24, 2.45) is 0 Å². The molecule has 15 heteroatoms. The van der Waals surface area contributed by atoms with E-state index in [2.05, 4.69) is 5.32 Å². The number of fused-ring (bicyclic) bond motifs is 1. The van der Waals surface area contributed by atoms with Crippen LogP contribution >= 0.6 is 0 Å². The summed E-state index contributed by atoms with van der Waals surface area (Å²) in [5.41, 5.74) is -2.80. The van der Waals surface area contributed by atoms with Gasteiger partial charge in [-0.1, -0.05) is 12.1 Å². The molecule has 4 amide bonds. The first-order chi connectivity index (χ1) is 21.0. The van der Waals surface area contributed by atoms with Crippen LogP contribution in [-0.4, -0.2) is 83.4 Å². The number of hydrogen-bond donors (Lipinski definition) is 1. The van der Waals surface area contributed by atoms with Crippen molar-refractivity contribution in [1.29, 1.82) is 0 Å². The van der Waals surface area contributed by atoms with E-state index >= 15 is 0 Å². The molecule has 2 aromatic carbocycles. The number of rotatable bonds is 9. The fourth-order valence-electron chi connectivity index (χ4n) is 5.61. The van der Waals surface area contributed by atoms with Gasteiger partial charge in [0.05, 0.1) is 17.7 Å². The molecule has 4 rings (SSSR count). The van der Waals surface area contributed by atoms with Crippen molar-refractivity contribution in [1.82, 2.24) is 24.9 Å². The third-order valence-electron chi connectivity index (χ3n) is 7.82. The molecule has 0 radical (unpaired) electrons. The zero-order chi connectivity index (χ0) is 33.1. The van der Waals surface area contributed by atoms with Crippen LogP contribution in [-0.2, 0) is 35.0 Å². The van der Waals surface area contributed by atoms with Crippen molar-refractivity contribution in [3.63, 3.8) is 0 Å². The maximum absolute atomic E-state index is 13.7. The summed E-state index contributed by atoms with van der Waals surface area (Å²) in [6.07, 6.45) is -9.49. The van der Waals surface area contributed by atoms with Gasteiger partial charge in [-0.2, -0.15) is 26.3 Å².